The van der Waals surface area contributed by atoms with Crippen molar-refractivity contribution in [2.75, 3.05) is 20.8 Å². The zero-order valence-corrected chi connectivity index (χ0v) is 11.7. The second-order valence-corrected chi connectivity index (χ2v) is 4.94. The molecule has 100 valence electrons. The van der Waals surface area contributed by atoms with Crippen LogP contribution < -0.4 is 14.8 Å². The van der Waals surface area contributed by atoms with E-state index >= 15 is 0 Å². The van der Waals surface area contributed by atoms with Gasteiger partial charge in [0.1, 0.15) is 11.5 Å². The normalized spacial score (nSPS) is 21.8. The van der Waals surface area contributed by atoms with Crippen molar-refractivity contribution in [3.8, 4) is 11.5 Å². The van der Waals surface area contributed by atoms with Crippen molar-refractivity contribution < 1.29 is 9.47 Å². The Bertz CT molecular complexity index is 417. The lowest BCUT2D eigenvalue weighted by atomic mass is 10.0. The Morgan fingerprint density at radius 1 is 1.17 bits per heavy atom. The first-order chi connectivity index (χ1) is 8.72. The van der Waals surface area contributed by atoms with Gasteiger partial charge in [0.15, 0.2) is 0 Å². The largest absolute Gasteiger partial charge is 0.496 e. The van der Waals surface area contributed by atoms with E-state index in [2.05, 4.69) is 19.2 Å². The highest BCUT2D eigenvalue weighted by Gasteiger charge is 2.33. The summed E-state index contributed by atoms with van der Waals surface area (Å²) in [6.07, 6.45) is 2.26. The van der Waals surface area contributed by atoms with E-state index in [0.717, 1.165) is 30.9 Å². The number of rotatable bonds is 5. The van der Waals surface area contributed by atoms with Crippen molar-refractivity contribution in [3.05, 3.63) is 23.3 Å². The highest BCUT2D eigenvalue weighted by Crippen LogP contribution is 2.48. The number of nitrogens with one attached hydrogen (secondary N) is 1. The molecule has 0 amide bonds. The Balaban J connectivity index is 2.42. The lowest BCUT2D eigenvalue weighted by molar-refractivity contribution is 0.393. The van der Waals surface area contributed by atoms with Crippen LogP contribution in [0.2, 0.25) is 0 Å². The molecule has 0 saturated heterocycles. The van der Waals surface area contributed by atoms with E-state index in [1.807, 2.05) is 12.1 Å². The zero-order valence-electron chi connectivity index (χ0n) is 11.7. The Hall–Kier alpha value is -1.22. The molecule has 1 aliphatic carbocycles. The molecule has 2 unspecified atom stereocenters. The van der Waals surface area contributed by atoms with Gasteiger partial charge in [-0.1, -0.05) is 13.8 Å². The third-order valence-corrected chi connectivity index (χ3v) is 3.72. The maximum atomic E-state index is 5.52. The van der Waals surface area contributed by atoms with Gasteiger partial charge in [-0.2, -0.15) is 0 Å². The molecule has 0 aliphatic heterocycles. The van der Waals surface area contributed by atoms with Crippen LogP contribution in [-0.2, 0) is 0 Å². The molecule has 0 spiro atoms. The molecule has 18 heavy (non-hydrogen) atoms. The highest BCUT2D eigenvalue weighted by molar-refractivity contribution is 5.55. The molecule has 2 atom stereocenters. The molecule has 0 bridgehead atoms. The van der Waals surface area contributed by atoms with E-state index in [1.54, 1.807) is 14.2 Å². The first kappa shape index (κ1) is 13.2. The van der Waals surface area contributed by atoms with Crippen molar-refractivity contribution in [2.45, 2.75) is 38.6 Å². The number of hydrogen-bond donors (Lipinski definition) is 1. The van der Waals surface area contributed by atoms with E-state index in [0.29, 0.717) is 12.0 Å². The summed E-state index contributed by atoms with van der Waals surface area (Å²) in [5.74, 6) is 2.47. The van der Waals surface area contributed by atoms with E-state index in [-0.39, 0.29) is 0 Å². The lowest BCUT2D eigenvalue weighted by Crippen LogP contribution is -2.20. The summed E-state index contributed by atoms with van der Waals surface area (Å²) < 4.78 is 11.0. The molecule has 0 radical (unpaired) electrons. The van der Waals surface area contributed by atoms with E-state index in [4.69, 9.17) is 9.47 Å². The zero-order chi connectivity index (χ0) is 13.1. The summed E-state index contributed by atoms with van der Waals surface area (Å²) in [6.45, 7) is 5.49. The number of benzene rings is 1. The van der Waals surface area contributed by atoms with E-state index in [9.17, 15) is 0 Å². The van der Waals surface area contributed by atoms with Gasteiger partial charge in [0, 0.05) is 17.2 Å². The van der Waals surface area contributed by atoms with Crippen LogP contribution in [0.4, 0.5) is 0 Å². The van der Waals surface area contributed by atoms with Crippen molar-refractivity contribution >= 4 is 0 Å². The summed E-state index contributed by atoms with van der Waals surface area (Å²) >= 11 is 0. The fourth-order valence-corrected chi connectivity index (χ4v) is 2.91. The molecule has 2 rings (SSSR count). The van der Waals surface area contributed by atoms with Gasteiger partial charge >= 0.3 is 0 Å². The first-order valence-corrected chi connectivity index (χ1v) is 6.71. The quantitative estimate of drug-likeness (QED) is 0.869. The van der Waals surface area contributed by atoms with Crippen molar-refractivity contribution in [3.63, 3.8) is 0 Å². The first-order valence-electron chi connectivity index (χ1n) is 6.71. The fourth-order valence-electron chi connectivity index (χ4n) is 2.91. The topological polar surface area (TPSA) is 30.5 Å². The van der Waals surface area contributed by atoms with Crippen LogP contribution in [0, 0.1) is 0 Å². The van der Waals surface area contributed by atoms with Crippen LogP contribution in [0.15, 0.2) is 12.1 Å². The molecule has 0 aromatic heterocycles. The third kappa shape index (κ3) is 2.19. The predicted molar refractivity (Wildman–Crippen MR) is 73.6 cm³/mol. The smallest absolute Gasteiger partial charge is 0.124 e. The van der Waals surface area contributed by atoms with Gasteiger partial charge in [-0.3, -0.25) is 0 Å². The minimum atomic E-state index is 0.389. The number of ether oxygens (including phenoxy) is 2. The van der Waals surface area contributed by atoms with Crippen LogP contribution in [0.1, 0.15) is 49.8 Å². The molecule has 1 N–H and O–H groups in total. The minimum Gasteiger partial charge on any atom is -0.496 e. The summed E-state index contributed by atoms with van der Waals surface area (Å²) in [5.41, 5.74) is 2.60. The number of methoxy groups -OCH3 is 2. The number of hydrogen-bond acceptors (Lipinski definition) is 3. The van der Waals surface area contributed by atoms with Crippen LogP contribution in [0.3, 0.4) is 0 Å². The van der Waals surface area contributed by atoms with Crippen molar-refractivity contribution in [1.82, 2.24) is 5.32 Å². The summed E-state index contributed by atoms with van der Waals surface area (Å²) in [7, 11) is 3.48. The summed E-state index contributed by atoms with van der Waals surface area (Å²) in [4.78, 5) is 0. The number of fused-ring (bicyclic) bond motifs is 1. The molecule has 0 fully saturated rings. The molecular weight excluding hydrogens is 226 g/mol. The fraction of sp³-hybridized carbons (Fsp3) is 0.600. The van der Waals surface area contributed by atoms with Crippen LogP contribution in [0.25, 0.3) is 0 Å². The van der Waals surface area contributed by atoms with Gasteiger partial charge in [0.2, 0.25) is 0 Å². The van der Waals surface area contributed by atoms with Gasteiger partial charge in [-0.15, -0.1) is 0 Å². The molecule has 1 aromatic carbocycles. The summed E-state index contributed by atoms with van der Waals surface area (Å²) in [5, 5.41) is 3.61. The SMILES string of the molecule is CCCNC1CC(C)c2c(OC)ccc(OC)c21. The Kier molecular flexibility index (Phi) is 4.12. The molecule has 3 nitrogen and oxygen atoms in total. The maximum absolute atomic E-state index is 5.52. The Morgan fingerprint density at radius 3 is 2.33 bits per heavy atom. The average molecular weight is 249 g/mol. The van der Waals surface area contributed by atoms with E-state index in [1.165, 1.54) is 11.1 Å². The van der Waals surface area contributed by atoms with Gasteiger partial charge < -0.3 is 14.8 Å². The van der Waals surface area contributed by atoms with Crippen LogP contribution in [-0.4, -0.2) is 20.8 Å². The third-order valence-electron chi connectivity index (χ3n) is 3.72. The van der Waals surface area contributed by atoms with Crippen LogP contribution >= 0.6 is 0 Å². The molecule has 1 aromatic rings. The monoisotopic (exact) mass is 249 g/mol. The second-order valence-electron chi connectivity index (χ2n) is 4.94. The average Bonchev–Trinajstić information content (AvgIpc) is 2.73. The minimum absolute atomic E-state index is 0.389. The maximum Gasteiger partial charge on any atom is 0.124 e. The van der Waals surface area contributed by atoms with Crippen molar-refractivity contribution in [2.24, 2.45) is 0 Å². The summed E-state index contributed by atoms with van der Waals surface area (Å²) in [6, 6.07) is 4.41. The second kappa shape index (κ2) is 5.61. The van der Waals surface area contributed by atoms with Gasteiger partial charge in [-0.25, -0.2) is 0 Å². The van der Waals surface area contributed by atoms with Gasteiger partial charge in [0.05, 0.1) is 14.2 Å². The standard InChI is InChI=1S/C15H23NO2/c1-5-8-16-11-9-10(2)14-12(17-3)6-7-13(18-4)15(11)14/h6-7,10-11,16H,5,8-9H2,1-4H3. The Morgan fingerprint density at radius 2 is 1.78 bits per heavy atom. The molecule has 3 heteroatoms. The molecular formula is C15H23NO2. The van der Waals surface area contributed by atoms with Crippen molar-refractivity contribution in [1.29, 1.82) is 0 Å². The van der Waals surface area contributed by atoms with Crippen LogP contribution in [0.5, 0.6) is 11.5 Å². The molecule has 1 aliphatic rings. The lowest BCUT2D eigenvalue weighted by Gasteiger charge is -2.17. The van der Waals surface area contributed by atoms with Gasteiger partial charge in [-0.05, 0) is 37.4 Å². The molecule has 0 saturated carbocycles. The Labute approximate surface area is 109 Å². The highest BCUT2D eigenvalue weighted by atomic mass is 16.5. The van der Waals surface area contributed by atoms with E-state index < -0.39 is 0 Å². The van der Waals surface area contributed by atoms with Gasteiger partial charge in [0.25, 0.3) is 0 Å². The molecule has 0 heterocycles. The predicted octanol–water partition coefficient (Wildman–Crippen LogP) is 3.25.